The molecule has 2 heterocycles. The molecule has 12 N–H and O–H groups in total. The van der Waals surface area contributed by atoms with Crippen molar-refractivity contribution >= 4 is 19.8 Å². The monoisotopic (exact) mass is 1130 g/mol. The van der Waals surface area contributed by atoms with Crippen molar-refractivity contribution in [2.75, 3.05) is 26.4 Å². The van der Waals surface area contributed by atoms with Crippen molar-refractivity contribution in [1.82, 2.24) is 0 Å². The summed E-state index contributed by atoms with van der Waals surface area (Å²) in [6.07, 6.45) is -3.84. The van der Waals surface area contributed by atoms with Gasteiger partial charge < -0.3 is 89.5 Å². The Morgan fingerprint density at radius 3 is 1.27 bits per heavy atom. The highest BCUT2D eigenvalue weighted by molar-refractivity contribution is 7.47. The fourth-order valence-electron chi connectivity index (χ4n) is 9.23. The third-order valence-electron chi connectivity index (χ3n) is 14.0. The van der Waals surface area contributed by atoms with Gasteiger partial charge in [0.15, 0.2) is 18.7 Å². The summed E-state index contributed by atoms with van der Waals surface area (Å²) in [6.45, 7) is 0.936. The summed E-state index contributed by atoms with van der Waals surface area (Å²) in [4.78, 5) is 37.4. The van der Waals surface area contributed by atoms with Gasteiger partial charge in [0.05, 0.1) is 19.8 Å². The summed E-state index contributed by atoms with van der Waals surface area (Å²) in [7, 11) is -5.64. The van der Waals surface area contributed by atoms with E-state index in [1.807, 2.05) is 0 Å². The maximum absolute atomic E-state index is 14.0. The minimum Gasteiger partial charge on any atom is -0.462 e. The van der Waals surface area contributed by atoms with Crippen molar-refractivity contribution in [3.8, 4) is 0 Å². The average molecular weight is 1130 g/mol. The van der Waals surface area contributed by atoms with Crippen LogP contribution in [-0.4, -0.2) is 204 Å². The van der Waals surface area contributed by atoms with Crippen LogP contribution in [0.25, 0.3) is 0 Å². The molecule has 0 spiro atoms. The molecule has 3 aliphatic rings. The normalized spacial score (nSPS) is 32.1. The summed E-state index contributed by atoms with van der Waals surface area (Å²) >= 11 is 0. The minimum absolute atomic E-state index is 0.0296. The number of aliphatic hydroxyl groups excluding tert-OH is 11. The molecular weight excluding hydrogens is 1040 g/mol. The number of hydrogen-bond acceptors (Lipinski definition) is 22. The Morgan fingerprint density at radius 2 is 0.857 bits per heavy atom. The number of aliphatic hydroxyl groups is 11. The molecule has 0 aromatic rings. The van der Waals surface area contributed by atoms with Crippen molar-refractivity contribution < 1.29 is 113 Å². The molecule has 1 aliphatic carbocycles. The fourth-order valence-corrected chi connectivity index (χ4v) is 10.2. The van der Waals surface area contributed by atoms with Gasteiger partial charge in [0, 0.05) is 12.8 Å². The molecule has 16 atom stereocenters. The molecule has 450 valence electrons. The molecule has 0 radical (unpaired) electrons. The number of phosphoric ester groups is 1. The topological polar surface area (TPSA) is 368 Å². The third-order valence-corrected chi connectivity index (χ3v) is 15.0. The van der Waals surface area contributed by atoms with Crippen molar-refractivity contribution in [3.63, 3.8) is 0 Å². The summed E-state index contributed by atoms with van der Waals surface area (Å²) < 4.78 is 57.9. The summed E-state index contributed by atoms with van der Waals surface area (Å²) in [6, 6.07) is 0. The number of phosphoric acid groups is 1. The van der Waals surface area contributed by atoms with E-state index < -0.39 is 150 Å². The van der Waals surface area contributed by atoms with E-state index in [0.717, 1.165) is 57.8 Å². The third kappa shape index (κ3) is 24.9. The Bertz CT molecular complexity index is 1640. The molecule has 77 heavy (non-hydrogen) atoms. The van der Waals surface area contributed by atoms with Crippen LogP contribution in [0.15, 0.2) is 24.3 Å². The van der Waals surface area contributed by atoms with Crippen LogP contribution in [0.2, 0.25) is 0 Å². The van der Waals surface area contributed by atoms with Gasteiger partial charge in [-0.25, -0.2) is 4.57 Å². The van der Waals surface area contributed by atoms with Crippen molar-refractivity contribution in [2.24, 2.45) is 0 Å². The minimum atomic E-state index is -5.64. The second kappa shape index (κ2) is 38.6. The van der Waals surface area contributed by atoms with E-state index in [0.29, 0.717) is 19.3 Å². The van der Waals surface area contributed by atoms with Gasteiger partial charge in [0.2, 0.25) is 0 Å². The zero-order valence-corrected chi connectivity index (χ0v) is 46.1. The molecule has 0 bridgehead atoms. The first-order valence-electron chi connectivity index (χ1n) is 28.2. The van der Waals surface area contributed by atoms with Gasteiger partial charge in [-0.1, -0.05) is 115 Å². The molecule has 0 aromatic carbocycles. The summed E-state index contributed by atoms with van der Waals surface area (Å²) in [5, 5.41) is 116. The van der Waals surface area contributed by atoms with Gasteiger partial charge in [0.1, 0.15) is 92.1 Å². The Labute approximate surface area is 454 Å². The van der Waals surface area contributed by atoms with Crippen molar-refractivity contribution in [2.45, 2.75) is 272 Å². The molecule has 2 saturated heterocycles. The molecule has 16 unspecified atom stereocenters. The van der Waals surface area contributed by atoms with Gasteiger partial charge in [-0.15, -0.1) is 0 Å². The second-order valence-corrected chi connectivity index (χ2v) is 21.9. The number of carbonyl (C=O) groups is 2. The molecule has 1 saturated carbocycles. The molecule has 3 fully saturated rings. The fraction of sp³-hybridized carbons (Fsp3) is 0.887. The Balaban J connectivity index is 1.74. The second-order valence-electron chi connectivity index (χ2n) is 20.5. The van der Waals surface area contributed by atoms with Crippen LogP contribution in [0.3, 0.4) is 0 Å². The van der Waals surface area contributed by atoms with E-state index in [1.54, 1.807) is 0 Å². The average Bonchev–Trinajstić information content (AvgIpc) is 3.43. The zero-order chi connectivity index (χ0) is 56.8. The van der Waals surface area contributed by atoms with Crippen LogP contribution in [0.4, 0.5) is 0 Å². The number of ether oxygens (including phenoxy) is 6. The lowest BCUT2D eigenvalue weighted by Gasteiger charge is -2.49. The molecule has 23 nitrogen and oxygen atoms in total. The lowest BCUT2D eigenvalue weighted by molar-refractivity contribution is -0.360. The predicted octanol–water partition coefficient (Wildman–Crippen LogP) is 2.92. The lowest BCUT2D eigenvalue weighted by Crippen LogP contribution is -2.69. The van der Waals surface area contributed by atoms with Crippen LogP contribution < -0.4 is 0 Å². The molecule has 2 aliphatic heterocycles. The Hall–Kier alpha value is -2.07. The highest BCUT2D eigenvalue weighted by Gasteiger charge is 2.58. The van der Waals surface area contributed by atoms with E-state index in [2.05, 4.69) is 38.2 Å². The predicted molar refractivity (Wildman–Crippen MR) is 277 cm³/mol. The lowest BCUT2D eigenvalue weighted by atomic mass is 9.84. The van der Waals surface area contributed by atoms with Gasteiger partial charge in [-0.05, 0) is 64.2 Å². The smallest absolute Gasteiger partial charge is 0.462 e. The largest absolute Gasteiger partial charge is 0.472 e. The molecule has 24 heteroatoms. The molecule has 3 rings (SSSR count). The van der Waals surface area contributed by atoms with Crippen LogP contribution in [0.1, 0.15) is 168 Å². The summed E-state index contributed by atoms with van der Waals surface area (Å²) in [5.74, 6) is -1.37. The maximum atomic E-state index is 14.0. The van der Waals surface area contributed by atoms with Crippen LogP contribution in [0.5, 0.6) is 0 Å². The molecule has 0 aromatic heterocycles. The molecule has 0 amide bonds. The number of carbonyl (C=O) groups excluding carboxylic acids is 2. The number of allylic oxidation sites excluding steroid dienone is 4. The Kier molecular flexibility index (Phi) is 34.7. The van der Waals surface area contributed by atoms with Crippen LogP contribution in [0, 0.1) is 0 Å². The maximum Gasteiger partial charge on any atom is 0.472 e. The van der Waals surface area contributed by atoms with E-state index in [-0.39, 0.29) is 12.8 Å². The molecular formula is C53H95O23P. The van der Waals surface area contributed by atoms with Gasteiger partial charge in [-0.2, -0.15) is 0 Å². The summed E-state index contributed by atoms with van der Waals surface area (Å²) in [5.41, 5.74) is 0. The van der Waals surface area contributed by atoms with E-state index in [4.69, 9.17) is 37.5 Å². The number of unbranched alkanes of at least 4 members (excludes halogenated alkanes) is 18. The Morgan fingerprint density at radius 1 is 0.481 bits per heavy atom. The first-order chi connectivity index (χ1) is 36.9. The van der Waals surface area contributed by atoms with E-state index >= 15 is 0 Å². The quantitative estimate of drug-likeness (QED) is 0.0182. The van der Waals surface area contributed by atoms with Gasteiger partial charge in [-0.3, -0.25) is 18.6 Å². The van der Waals surface area contributed by atoms with Crippen LogP contribution in [-0.2, 0) is 51.6 Å². The SMILES string of the molecule is CCCCCCCC/C=C\CCCCCC(=O)OCC(COP(=O)(O)OC1C(OC2OC(CO)C(O)C(O)C2O)C(O)C(O)C(O)C1OC1OC(CO)C(O)C(O)C1O)OC(=O)CCCCC/C=C\CCCCCCCC. The standard InChI is InChI=1S/C53H95O23P/c1-3-5-7-9-11-13-15-17-19-21-23-25-27-29-38(56)69-33-35(71-39(57)30-28-26-24-22-20-18-16-14-12-10-8-6-4-2)34-70-77(67,68)76-51-49(74-52-47(65)42(60)40(58)36(31-54)72-52)45(63)44(62)46(64)50(51)75-53-48(66)43(61)41(59)37(32-55)73-53/h17-20,35-37,40-55,58-66H,3-16,21-34H2,1-2H3,(H,67,68)/b19-17-,20-18-. The van der Waals surface area contributed by atoms with Crippen molar-refractivity contribution in [3.05, 3.63) is 24.3 Å². The van der Waals surface area contributed by atoms with Gasteiger partial charge >= 0.3 is 19.8 Å². The first-order valence-corrected chi connectivity index (χ1v) is 29.7. The van der Waals surface area contributed by atoms with Crippen molar-refractivity contribution in [1.29, 1.82) is 0 Å². The highest BCUT2D eigenvalue weighted by atomic mass is 31.2. The highest BCUT2D eigenvalue weighted by Crippen LogP contribution is 2.49. The van der Waals surface area contributed by atoms with Gasteiger partial charge in [0.25, 0.3) is 0 Å². The van der Waals surface area contributed by atoms with E-state index in [1.165, 1.54) is 64.2 Å². The van der Waals surface area contributed by atoms with E-state index in [9.17, 15) is 75.2 Å². The first kappa shape index (κ1) is 69.2. The number of rotatable bonds is 40. The number of esters is 2. The van der Waals surface area contributed by atoms with Crippen LogP contribution >= 0.6 is 7.82 Å². The zero-order valence-electron chi connectivity index (χ0n) is 45.2. The number of hydrogen-bond donors (Lipinski definition) is 12.